The number of hydrogen-bond acceptors (Lipinski definition) is 3. The van der Waals surface area contributed by atoms with Crippen LogP contribution < -0.4 is 5.73 Å². The molecule has 1 atom stereocenters. The second-order valence-corrected chi connectivity index (χ2v) is 6.56. The number of primary amides is 1. The van der Waals surface area contributed by atoms with E-state index in [1.165, 1.54) is 11.0 Å². The highest BCUT2D eigenvalue weighted by molar-refractivity contribution is 5.94. The molecule has 1 aliphatic carbocycles. The summed E-state index contributed by atoms with van der Waals surface area (Å²) < 4.78 is 33.1. The van der Waals surface area contributed by atoms with Crippen LogP contribution in [0.25, 0.3) is 0 Å². The molecule has 1 aliphatic heterocycles. The van der Waals surface area contributed by atoms with E-state index in [1.54, 1.807) is 0 Å². The Hall–Kier alpha value is -2.02. The summed E-state index contributed by atoms with van der Waals surface area (Å²) in [6.45, 7) is 0.738. The van der Waals surface area contributed by atoms with E-state index in [2.05, 4.69) is 0 Å². The van der Waals surface area contributed by atoms with Crippen molar-refractivity contribution in [3.8, 4) is 0 Å². The first kappa shape index (κ1) is 16.8. The van der Waals surface area contributed by atoms with E-state index in [0.717, 1.165) is 25.0 Å². The molecule has 1 saturated heterocycles. The van der Waals surface area contributed by atoms with Crippen molar-refractivity contribution in [3.05, 3.63) is 35.4 Å². The van der Waals surface area contributed by atoms with E-state index < -0.39 is 29.0 Å². The zero-order valence-electron chi connectivity index (χ0n) is 13.3. The summed E-state index contributed by atoms with van der Waals surface area (Å²) in [6.07, 6.45) is 3.18. The number of hydrogen-bond donors (Lipinski definition) is 1. The first-order chi connectivity index (χ1) is 11.4. The molecule has 1 unspecified atom stereocenters. The number of halogens is 2. The van der Waals surface area contributed by atoms with Crippen LogP contribution in [-0.2, 0) is 9.53 Å². The molecule has 2 N–H and O–H groups in total. The number of piperidine rings is 1. The van der Waals surface area contributed by atoms with E-state index in [0.29, 0.717) is 25.9 Å². The van der Waals surface area contributed by atoms with Gasteiger partial charge in [-0.15, -0.1) is 0 Å². The highest BCUT2D eigenvalue weighted by Gasteiger charge is 2.49. The van der Waals surface area contributed by atoms with Gasteiger partial charge in [0.05, 0.1) is 6.10 Å². The minimum atomic E-state index is -0.841. The molecule has 2 amide bonds. The van der Waals surface area contributed by atoms with E-state index >= 15 is 0 Å². The van der Waals surface area contributed by atoms with Crippen LogP contribution in [0, 0.1) is 17.0 Å². The van der Waals surface area contributed by atoms with Crippen LogP contribution in [0.15, 0.2) is 18.2 Å². The van der Waals surface area contributed by atoms with Gasteiger partial charge < -0.3 is 15.4 Å². The largest absolute Gasteiger partial charge is 0.368 e. The van der Waals surface area contributed by atoms with E-state index in [9.17, 15) is 18.4 Å². The molecule has 3 rings (SSSR count). The van der Waals surface area contributed by atoms with Gasteiger partial charge in [0, 0.05) is 18.5 Å². The molecular formula is C17H20F2N2O3. The topological polar surface area (TPSA) is 72.6 Å². The van der Waals surface area contributed by atoms with Gasteiger partial charge in [-0.2, -0.15) is 0 Å². The highest BCUT2D eigenvalue weighted by atomic mass is 19.1. The van der Waals surface area contributed by atoms with Gasteiger partial charge in [0.15, 0.2) is 0 Å². The van der Waals surface area contributed by atoms with Crippen molar-refractivity contribution in [2.75, 3.05) is 19.7 Å². The lowest BCUT2D eigenvalue weighted by Gasteiger charge is -2.53. The summed E-state index contributed by atoms with van der Waals surface area (Å²) in [5.74, 6) is -2.80. The summed E-state index contributed by atoms with van der Waals surface area (Å²) in [5.41, 5.74) is 4.55. The first-order valence-corrected chi connectivity index (χ1v) is 8.06. The van der Waals surface area contributed by atoms with Gasteiger partial charge in [0.2, 0.25) is 5.91 Å². The van der Waals surface area contributed by atoms with Crippen LogP contribution in [-0.4, -0.2) is 42.5 Å². The fourth-order valence-corrected chi connectivity index (χ4v) is 3.70. The molecule has 0 aromatic heterocycles. The molecule has 1 heterocycles. The lowest BCUT2D eigenvalue weighted by Crippen LogP contribution is -2.54. The van der Waals surface area contributed by atoms with Crippen molar-refractivity contribution < 1.29 is 23.1 Å². The van der Waals surface area contributed by atoms with Gasteiger partial charge in [-0.25, -0.2) is 8.78 Å². The maximum absolute atomic E-state index is 13.8. The van der Waals surface area contributed by atoms with Crippen molar-refractivity contribution in [1.29, 1.82) is 0 Å². The Morgan fingerprint density at radius 2 is 1.83 bits per heavy atom. The molecule has 0 bridgehead atoms. The Labute approximate surface area is 138 Å². The molecule has 5 nitrogen and oxygen atoms in total. The zero-order chi connectivity index (χ0) is 17.3. The normalized spacial score (nSPS) is 22.2. The SMILES string of the molecule is NC(=O)COC1CCC12CCN(C(=O)c1c(F)cccc1F)CC2. The minimum absolute atomic E-state index is 0.0348. The monoisotopic (exact) mass is 338 g/mol. The lowest BCUT2D eigenvalue weighted by atomic mass is 9.60. The number of nitrogens with two attached hydrogens (primary N) is 1. The smallest absolute Gasteiger partial charge is 0.259 e. The number of ether oxygens (including phenoxy) is 1. The van der Waals surface area contributed by atoms with Crippen LogP contribution in [0.2, 0.25) is 0 Å². The van der Waals surface area contributed by atoms with E-state index in [1.807, 2.05) is 0 Å². The molecular weight excluding hydrogens is 318 g/mol. The highest BCUT2D eigenvalue weighted by Crippen LogP contribution is 2.50. The second-order valence-electron chi connectivity index (χ2n) is 6.56. The average molecular weight is 338 g/mol. The Morgan fingerprint density at radius 3 is 2.33 bits per heavy atom. The summed E-state index contributed by atoms with van der Waals surface area (Å²) >= 11 is 0. The number of amides is 2. The third-order valence-corrected chi connectivity index (χ3v) is 5.24. The number of carbonyl (C=O) groups is 2. The first-order valence-electron chi connectivity index (χ1n) is 8.06. The van der Waals surface area contributed by atoms with Gasteiger partial charge >= 0.3 is 0 Å². The van der Waals surface area contributed by atoms with Crippen molar-refractivity contribution in [2.45, 2.75) is 31.8 Å². The Bertz CT molecular complexity index is 637. The number of nitrogens with zero attached hydrogens (tertiary/aromatic N) is 1. The van der Waals surface area contributed by atoms with Crippen molar-refractivity contribution in [1.82, 2.24) is 4.90 Å². The standard InChI is InChI=1S/C17H20F2N2O3/c18-11-2-1-3-12(19)15(11)16(23)21-8-6-17(7-9-21)5-4-13(17)24-10-14(20)22/h1-3,13H,4-10H2,(H2,20,22). The van der Waals surface area contributed by atoms with Gasteiger partial charge in [-0.1, -0.05) is 6.07 Å². The van der Waals surface area contributed by atoms with Crippen molar-refractivity contribution >= 4 is 11.8 Å². The van der Waals surface area contributed by atoms with Gasteiger partial charge in [-0.3, -0.25) is 9.59 Å². The zero-order valence-corrected chi connectivity index (χ0v) is 13.3. The molecule has 1 aromatic carbocycles. The van der Waals surface area contributed by atoms with Crippen LogP contribution in [0.1, 0.15) is 36.0 Å². The maximum Gasteiger partial charge on any atom is 0.259 e. The third kappa shape index (κ3) is 3.00. The minimum Gasteiger partial charge on any atom is -0.368 e. The fourth-order valence-electron chi connectivity index (χ4n) is 3.70. The van der Waals surface area contributed by atoms with Gasteiger partial charge in [0.25, 0.3) is 5.91 Å². The quantitative estimate of drug-likeness (QED) is 0.911. The van der Waals surface area contributed by atoms with Crippen LogP contribution in [0.3, 0.4) is 0 Å². The molecule has 0 radical (unpaired) electrons. The molecule has 130 valence electrons. The average Bonchev–Trinajstić information content (AvgIpc) is 2.53. The third-order valence-electron chi connectivity index (χ3n) is 5.24. The Balaban J connectivity index is 1.63. The molecule has 2 fully saturated rings. The summed E-state index contributed by atoms with van der Waals surface area (Å²) in [6, 6.07) is 3.41. The molecule has 24 heavy (non-hydrogen) atoms. The maximum atomic E-state index is 13.8. The molecule has 1 aromatic rings. The number of carbonyl (C=O) groups excluding carboxylic acids is 2. The van der Waals surface area contributed by atoms with Crippen LogP contribution in [0.4, 0.5) is 8.78 Å². The van der Waals surface area contributed by atoms with E-state index in [4.69, 9.17) is 10.5 Å². The Kier molecular flexibility index (Phi) is 4.54. The molecule has 1 saturated carbocycles. The van der Waals surface area contributed by atoms with Crippen LogP contribution >= 0.6 is 0 Å². The molecule has 1 spiro atoms. The second kappa shape index (κ2) is 6.47. The van der Waals surface area contributed by atoms with Crippen LogP contribution in [0.5, 0.6) is 0 Å². The predicted molar refractivity (Wildman–Crippen MR) is 82.1 cm³/mol. The number of benzene rings is 1. The molecule has 2 aliphatic rings. The van der Waals surface area contributed by atoms with Crippen molar-refractivity contribution in [3.63, 3.8) is 0 Å². The van der Waals surface area contributed by atoms with Gasteiger partial charge in [0.1, 0.15) is 23.8 Å². The summed E-state index contributed by atoms with van der Waals surface area (Å²) in [5, 5.41) is 0. The Morgan fingerprint density at radius 1 is 1.21 bits per heavy atom. The number of rotatable bonds is 4. The fraction of sp³-hybridized carbons (Fsp3) is 0.529. The predicted octanol–water partition coefficient (Wildman–Crippen LogP) is 1.85. The summed E-state index contributed by atoms with van der Waals surface area (Å²) in [4.78, 5) is 24.7. The lowest BCUT2D eigenvalue weighted by molar-refractivity contribution is -0.149. The van der Waals surface area contributed by atoms with Gasteiger partial charge in [-0.05, 0) is 37.8 Å². The van der Waals surface area contributed by atoms with Crippen molar-refractivity contribution in [2.24, 2.45) is 11.1 Å². The number of likely N-dealkylation sites (tertiary alicyclic amines) is 1. The summed E-state index contributed by atoms with van der Waals surface area (Å²) in [7, 11) is 0. The van der Waals surface area contributed by atoms with E-state index in [-0.39, 0.29) is 18.1 Å². The molecule has 7 heteroatoms.